The summed E-state index contributed by atoms with van der Waals surface area (Å²) in [6, 6.07) is 4.21. The average Bonchev–Trinajstić information content (AvgIpc) is 2.39. The smallest absolute Gasteiger partial charge is 0.129 e. The lowest BCUT2D eigenvalue weighted by Gasteiger charge is -2.39. The number of pyridine rings is 1. The van der Waals surface area contributed by atoms with E-state index in [0.29, 0.717) is 6.04 Å². The summed E-state index contributed by atoms with van der Waals surface area (Å²) in [6.45, 7) is 7.62. The molecule has 18 heavy (non-hydrogen) atoms. The van der Waals surface area contributed by atoms with E-state index in [0.717, 1.165) is 31.0 Å². The van der Waals surface area contributed by atoms with Gasteiger partial charge in [-0.1, -0.05) is 6.92 Å². The maximum atomic E-state index is 9.65. The van der Waals surface area contributed by atoms with Gasteiger partial charge in [0.15, 0.2) is 0 Å². The molecular weight excluding hydrogens is 228 g/mol. The quantitative estimate of drug-likeness (QED) is 0.892. The first-order valence-electron chi connectivity index (χ1n) is 6.64. The van der Waals surface area contributed by atoms with Gasteiger partial charge in [-0.2, -0.15) is 0 Å². The Morgan fingerprint density at radius 3 is 3.06 bits per heavy atom. The minimum Gasteiger partial charge on any atom is -0.389 e. The maximum absolute atomic E-state index is 9.65. The van der Waals surface area contributed by atoms with Crippen LogP contribution in [-0.4, -0.2) is 35.4 Å². The predicted molar refractivity (Wildman–Crippen MR) is 71.7 cm³/mol. The van der Waals surface area contributed by atoms with Crippen molar-refractivity contribution in [1.29, 1.82) is 0 Å². The molecular formula is C14H22N2O2. The largest absolute Gasteiger partial charge is 0.389 e. The van der Waals surface area contributed by atoms with E-state index in [1.54, 1.807) is 13.1 Å². The summed E-state index contributed by atoms with van der Waals surface area (Å²) in [6.07, 6.45) is 2.58. The van der Waals surface area contributed by atoms with Gasteiger partial charge in [0.25, 0.3) is 0 Å². The summed E-state index contributed by atoms with van der Waals surface area (Å²) < 4.78 is 5.69. The molecule has 1 fully saturated rings. The number of aromatic nitrogens is 1. The Balaban J connectivity index is 2.24. The first kappa shape index (κ1) is 13.3. The molecule has 1 N–H and O–H groups in total. The van der Waals surface area contributed by atoms with Gasteiger partial charge in [-0.25, -0.2) is 4.98 Å². The lowest BCUT2D eigenvalue weighted by atomic mass is 10.1. The Labute approximate surface area is 109 Å². The molecule has 100 valence electrons. The van der Waals surface area contributed by atoms with Crippen LogP contribution in [0.4, 0.5) is 5.82 Å². The Hall–Kier alpha value is -1.13. The fourth-order valence-corrected chi connectivity index (χ4v) is 2.31. The molecule has 4 heteroatoms. The third kappa shape index (κ3) is 2.82. The van der Waals surface area contributed by atoms with Gasteiger partial charge in [0.05, 0.1) is 24.9 Å². The normalized spacial score (nSPS) is 26.1. The Kier molecular flexibility index (Phi) is 4.19. The molecule has 0 aromatic carbocycles. The number of anilines is 1. The first-order chi connectivity index (χ1) is 8.61. The lowest BCUT2D eigenvalue weighted by Crippen LogP contribution is -2.49. The van der Waals surface area contributed by atoms with E-state index < -0.39 is 6.10 Å². The van der Waals surface area contributed by atoms with Crippen LogP contribution < -0.4 is 4.90 Å². The standard InChI is InChI=1S/C14H22N2O2/c1-4-13-9-18-10(2)8-16(13)14-7-12(11(3)17)5-6-15-14/h5-7,10-11,13,17H,4,8-9H2,1-3H3/t10?,11-,13?/m0/s1. The molecule has 0 aliphatic carbocycles. The van der Waals surface area contributed by atoms with Crippen LogP contribution >= 0.6 is 0 Å². The average molecular weight is 250 g/mol. The summed E-state index contributed by atoms with van der Waals surface area (Å²) in [5.41, 5.74) is 0.911. The van der Waals surface area contributed by atoms with Crippen molar-refractivity contribution in [3.8, 4) is 0 Å². The van der Waals surface area contributed by atoms with Gasteiger partial charge in [0.1, 0.15) is 5.82 Å². The zero-order valence-corrected chi connectivity index (χ0v) is 11.3. The summed E-state index contributed by atoms with van der Waals surface area (Å²) in [5, 5.41) is 9.65. The molecule has 1 saturated heterocycles. The van der Waals surface area contributed by atoms with Crippen LogP contribution in [0, 0.1) is 0 Å². The zero-order valence-electron chi connectivity index (χ0n) is 11.3. The van der Waals surface area contributed by atoms with E-state index >= 15 is 0 Å². The first-order valence-corrected chi connectivity index (χ1v) is 6.64. The molecule has 1 aromatic rings. The fourth-order valence-electron chi connectivity index (χ4n) is 2.31. The molecule has 4 nitrogen and oxygen atoms in total. The van der Waals surface area contributed by atoms with Gasteiger partial charge in [-0.3, -0.25) is 0 Å². The van der Waals surface area contributed by atoms with Crippen LogP contribution in [-0.2, 0) is 4.74 Å². The van der Waals surface area contributed by atoms with Crippen molar-refractivity contribution >= 4 is 5.82 Å². The van der Waals surface area contributed by atoms with E-state index in [-0.39, 0.29) is 6.10 Å². The van der Waals surface area contributed by atoms with Crippen LogP contribution in [0.5, 0.6) is 0 Å². The molecule has 1 aliphatic heterocycles. The Morgan fingerprint density at radius 1 is 1.61 bits per heavy atom. The van der Waals surface area contributed by atoms with Gasteiger partial charge in [-0.15, -0.1) is 0 Å². The van der Waals surface area contributed by atoms with Gasteiger partial charge in [0.2, 0.25) is 0 Å². The number of rotatable bonds is 3. The van der Waals surface area contributed by atoms with Gasteiger partial charge in [-0.05, 0) is 38.0 Å². The number of hydrogen-bond acceptors (Lipinski definition) is 4. The molecule has 0 spiro atoms. The second-order valence-electron chi connectivity index (χ2n) is 4.98. The highest BCUT2D eigenvalue weighted by Crippen LogP contribution is 2.24. The minimum atomic E-state index is -0.453. The number of aliphatic hydroxyl groups excluding tert-OH is 1. The minimum absolute atomic E-state index is 0.227. The second-order valence-corrected chi connectivity index (χ2v) is 4.98. The summed E-state index contributed by atoms with van der Waals surface area (Å²) in [5.74, 6) is 0.940. The molecule has 1 aliphatic rings. The van der Waals surface area contributed by atoms with Crippen LogP contribution in [0.3, 0.4) is 0 Å². The monoisotopic (exact) mass is 250 g/mol. The molecule has 0 amide bonds. The number of ether oxygens (including phenoxy) is 1. The molecule has 3 atom stereocenters. The zero-order chi connectivity index (χ0) is 13.1. The number of morpholine rings is 1. The third-order valence-corrected chi connectivity index (χ3v) is 3.49. The molecule has 2 heterocycles. The maximum Gasteiger partial charge on any atom is 0.129 e. The summed E-state index contributed by atoms with van der Waals surface area (Å²) in [4.78, 5) is 6.73. The molecule has 0 radical (unpaired) electrons. The van der Waals surface area contributed by atoms with Crippen molar-refractivity contribution in [2.24, 2.45) is 0 Å². The van der Waals surface area contributed by atoms with Crippen molar-refractivity contribution in [1.82, 2.24) is 4.98 Å². The molecule has 0 saturated carbocycles. The van der Waals surface area contributed by atoms with Crippen LogP contribution in [0.15, 0.2) is 18.3 Å². The lowest BCUT2D eigenvalue weighted by molar-refractivity contribution is 0.0296. The van der Waals surface area contributed by atoms with Crippen LogP contribution in [0.1, 0.15) is 38.9 Å². The highest BCUT2D eigenvalue weighted by Gasteiger charge is 2.26. The molecule has 2 unspecified atom stereocenters. The van der Waals surface area contributed by atoms with Crippen molar-refractivity contribution in [3.05, 3.63) is 23.9 Å². The van der Waals surface area contributed by atoms with Gasteiger partial charge in [0, 0.05) is 12.7 Å². The van der Waals surface area contributed by atoms with E-state index in [4.69, 9.17) is 4.74 Å². The van der Waals surface area contributed by atoms with Crippen molar-refractivity contribution in [2.75, 3.05) is 18.1 Å². The highest BCUT2D eigenvalue weighted by atomic mass is 16.5. The van der Waals surface area contributed by atoms with Crippen molar-refractivity contribution in [3.63, 3.8) is 0 Å². The van der Waals surface area contributed by atoms with Gasteiger partial charge >= 0.3 is 0 Å². The molecule has 1 aromatic heterocycles. The highest BCUT2D eigenvalue weighted by molar-refractivity contribution is 5.43. The topological polar surface area (TPSA) is 45.6 Å². The van der Waals surface area contributed by atoms with E-state index in [1.807, 2.05) is 12.1 Å². The number of aliphatic hydroxyl groups is 1. The summed E-state index contributed by atoms with van der Waals surface area (Å²) in [7, 11) is 0. The SMILES string of the molecule is CCC1COC(C)CN1c1cc([C@H](C)O)ccn1. The Bertz CT molecular complexity index is 395. The van der Waals surface area contributed by atoms with Crippen molar-refractivity contribution in [2.45, 2.75) is 45.4 Å². The van der Waals surface area contributed by atoms with E-state index in [1.165, 1.54) is 0 Å². The van der Waals surface area contributed by atoms with Crippen LogP contribution in [0.2, 0.25) is 0 Å². The summed E-state index contributed by atoms with van der Waals surface area (Å²) >= 11 is 0. The predicted octanol–water partition coefficient (Wildman–Crippen LogP) is 2.14. The van der Waals surface area contributed by atoms with E-state index in [2.05, 4.69) is 23.7 Å². The van der Waals surface area contributed by atoms with Crippen molar-refractivity contribution < 1.29 is 9.84 Å². The van der Waals surface area contributed by atoms with E-state index in [9.17, 15) is 5.11 Å². The number of hydrogen-bond donors (Lipinski definition) is 1. The number of nitrogens with zero attached hydrogens (tertiary/aromatic N) is 2. The second kappa shape index (κ2) is 5.67. The third-order valence-electron chi connectivity index (χ3n) is 3.49. The fraction of sp³-hybridized carbons (Fsp3) is 0.643. The molecule has 0 bridgehead atoms. The van der Waals surface area contributed by atoms with Gasteiger partial charge < -0.3 is 14.7 Å². The van der Waals surface area contributed by atoms with Crippen LogP contribution in [0.25, 0.3) is 0 Å². The molecule has 2 rings (SSSR count). The Morgan fingerprint density at radius 2 is 2.39 bits per heavy atom.